The van der Waals surface area contributed by atoms with E-state index >= 15 is 0 Å². The SMILES string of the molecule is CCN(Cc1oc2ccccc2c1CNC)CC(C)C. The Hall–Kier alpha value is -1.32. The highest BCUT2D eigenvalue weighted by molar-refractivity contribution is 5.82. The Bertz CT molecular complexity index is 545. The standard InChI is InChI=1S/C17H26N2O/c1-5-19(11-13(2)3)12-17-15(10-18-4)14-8-6-7-9-16(14)20-17/h6-9,13,18H,5,10-12H2,1-4H3. The lowest BCUT2D eigenvalue weighted by atomic mass is 10.1. The van der Waals surface area contributed by atoms with Gasteiger partial charge in [0, 0.05) is 24.0 Å². The summed E-state index contributed by atoms with van der Waals surface area (Å²) in [5.41, 5.74) is 2.29. The largest absolute Gasteiger partial charge is 0.459 e. The van der Waals surface area contributed by atoms with Gasteiger partial charge in [0.1, 0.15) is 11.3 Å². The number of hydrogen-bond acceptors (Lipinski definition) is 3. The number of rotatable bonds is 7. The average molecular weight is 274 g/mol. The molecular formula is C17H26N2O. The van der Waals surface area contributed by atoms with Crippen LogP contribution in [0.15, 0.2) is 28.7 Å². The Balaban J connectivity index is 2.29. The number of para-hydroxylation sites is 1. The van der Waals surface area contributed by atoms with E-state index in [1.165, 1.54) is 10.9 Å². The molecule has 1 N–H and O–H groups in total. The van der Waals surface area contributed by atoms with Crippen molar-refractivity contribution < 1.29 is 4.42 Å². The Morgan fingerprint density at radius 2 is 2.00 bits per heavy atom. The molecule has 20 heavy (non-hydrogen) atoms. The first-order chi connectivity index (χ1) is 9.65. The van der Waals surface area contributed by atoms with E-state index in [9.17, 15) is 0 Å². The number of hydrogen-bond donors (Lipinski definition) is 1. The average Bonchev–Trinajstić information content (AvgIpc) is 2.76. The summed E-state index contributed by atoms with van der Waals surface area (Å²) >= 11 is 0. The van der Waals surface area contributed by atoms with E-state index in [4.69, 9.17) is 4.42 Å². The van der Waals surface area contributed by atoms with Crippen molar-refractivity contribution in [2.75, 3.05) is 20.1 Å². The van der Waals surface area contributed by atoms with E-state index < -0.39 is 0 Å². The molecule has 1 aromatic heterocycles. The van der Waals surface area contributed by atoms with Gasteiger partial charge in [0.2, 0.25) is 0 Å². The first-order valence-electron chi connectivity index (χ1n) is 7.51. The first-order valence-corrected chi connectivity index (χ1v) is 7.51. The predicted molar refractivity (Wildman–Crippen MR) is 84.8 cm³/mol. The summed E-state index contributed by atoms with van der Waals surface area (Å²) in [5.74, 6) is 1.77. The van der Waals surface area contributed by atoms with Gasteiger partial charge in [-0.05, 0) is 25.6 Å². The second kappa shape index (κ2) is 6.91. The Morgan fingerprint density at radius 3 is 2.65 bits per heavy atom. The molecule has 0 aliphatic rings. The molecule has 0 radical (unpaired) electrons. The van der Waals surface area contributed by atoms with Gasteiger partial charge in [-0.3, -0.25) is 4.90 Å². The van der Waals surface area contributed by atoms with Crippen molar-refractivity contribution in [1.29, 1.82) is 0 Å². The number of nitrogens with zero attached hydrogens (tertiary/aromatic N) is 1. The molecule has 1 aromatic carbocycles. The maximum Gasteiger partial charge on any atom is 0.134 e. The summed E-state index contributed by atoms with van der Waals surface area (Å²) in [7, 11) is 1.98. The van der Waals surface area contributed by atoms with Gasteiger partial charge in [-0.1, -0.05) is 39.0 Å². The van der Waals surface area contributed by atoms with Crippen molar-refractivity contribution in [3.8, 4) is 0 Å². The fourth-order valence-corrected chi connectivity index (χ4v) is 2.67. The van der Waals surface area contributed by atoms with E-state index in [0.29, 0.717) is 5.92 Å². The summed E-state index contributed by atoms with van der Waals surface area (Å²) in [6.07, 6.45) is 0. The van der Waals surface area contributed by atoms with Gasteiger partial charge < -0.3 is 9.73 Å². The van der Waals surface area contributed by atoms with Gasteiger partial charge in [0.25, 0.3) is 0 Å². The van der Waals surface area contributed by atoms with E-state index in [1.807, 2.05) is 13.1 Å². The van der Waals surface area contributed by atoms with Crippen molar-refractivity contribution in [2.24, 2.45) is 5.92 Å². The number of fused-ring (bicyclic) bond motifs is 1. The molecule has 2 aromatic rings. The van der Waals surface area contributed by atoms with Crippen LogP contribution in [0.1, 0.15) is 32.1 Å². The summed E-state index contributed by atoms with van der Waals surface area (Å²) in [4.78, 5) is 2.45. The number of furan rings is 1. The fourth-order valence-electron chi connectivity index (χ4n) is 2.67. The summed E-state index contributed by atoms with van der Waals surface area (Å²) in [6, 6.07) is 8.31. The molecule has 3 nitrogen and oxygen atoms in total. The Kier molecular flexibility index (Phi) is 5.21. The molecule has 0 bridgehead atoms. The molecule has 110 valence electrons. The van der Waals surface area contributed by atoms with Crippen molar-refractivity contribution in [3.05, 3.63) is 35.6 Å². The molecule has 0 unspecified atom stereocenters. The van der Waals surface area contributed by atoms with Crippen LogP contribution >= 0.6 is 0 Å². The summed E-state index contributed by atoms with van der Waals surface area (Å²) < 4.78 is 6.08. The second-order valence-electron chi connectivity index (χ2n) is 5.75. The minimum absolute atomic E-state index is 0.673. The molecule has 0 aliphatic carbocycles. The molecule has 0 amide bonds. The monoisotopic (exact) mass is 274 g/mol. The summed E-state index contributed by atoms with van der Waals surface area (Å²) in [5, 5.41) is 4.49. The molecule has 3 heteroatoms. The highest BCUT2D eigenvalue weighted by Gasteiger charge is 2.16. The van der Waals surface area contributed by atoms with E-state index in [2.05, 4.69) is 49.2 Å². The minimum Gasteiger partial charge on any atom is -0.459 e. The van der Waals surface area contributed by atoms with E-state index in [-0.39, 0.29) is 0 Å². The molecule has 0 atom stereocenters. The van der Waals surface area contributed by atoms with Crippen LogP contribution in [0.5, 0.6) is 0 Å². The lowest BCUT2D eigenvalue weighted by molar-refractivity contribution is 0.230. The van der Waals surface area contributed by atoms with Gasteiger partial charge in [-0.25, -0.2) is 0 Å². The molecule has 0 fully saturated rings. The van der Waals surface area contributed by atoms with Crippen molar-refractivity contribution >= 4 is 11.0 Å². The second-order valence-corrected chi connectivity index (χ2v) is 5.75. The molecule has 0 saturated carbocycles. The molecule has 0 aliphatic heterocycles. The lowest BCUT2D eigenvalue weighted by Gasteiger charge is -2.21. The maximum absolute atomic E-state index is 6.08. The van der Waals surface area contributed by atoms with Gasteiger partial charge >= 0.3 is 0 Å². The van der Waals surface area contributed by atoms with Gasteiger partial charge in [0.15, 0.2) is 0 Å². The number of nitrogens with one attached hydrogen (secondary N) is 1. The number of benzene rings is 1. The zero-order valence-corrected chi connectivity index (χ0v) is 13.1. The Labute approximate surface area is 122 Å². The minimum atomic E-state index is 0.673. The van der Waals surface area contributed by atoms with E-state index in [1.54, 1.807) is 0 Å². The lowest BCUT2D eigenvalue weighted by Crippen LogP contribution is -2.27. The van der Waals surface area contributed by atoms with Gasteiger partial charge in [0.05, 0.1) is 6.54 Å². The maximum atomic E-state index is 6.08. The molecular weight excluding hydrogens is 248 g/mol. The molecule has 0 spiro atoms. The summed E-state index contributed by atoms with van der Waals surface area (Å²) in [6.45, 7) is 10.6. The van der Waals surface area contributed by atoms with Crippen LogP contribution in [0.25, 0.3) is 11.0 Å². The highest BCUT2D eigenvalue weighted by atomic mass is 16.3. The van der Waals surface area contributed by atoms with Gasteiger partial charge in [-0.15, -0.1) is 0 Å². The highest BCUT2D eigenvalue weighted by Crippen LogP contribution is 2.27. The van der Waals surface area contributed by atoms with Crippen molar-refractivity contribution in [3.63, 3.8) is 0 Å². The molecule has 0 saturated heterocycles. The Morgan fingerprint density at radius 1 is 1.25 bits per heavy atom. The normalized spacial score (nSPS) is 11.9. The molecule has 1 heterocycles. The van der Waals surface area contributed by atoms with Crippen LogP contribution in [0.2, 0.25) is 0 Å². The van der Waals surface area contributed by atoms with Crippen LogP contribution in [0, 0.1) is 5.92 Å². The van der Waals surface area contributed by atoms with Crippen molar-refractivity contribution in [2.45, 2.75) is 33.9 Å². The first kappa shape index (κ1) is 15.1. The van der Waals surface area contributed by atoms with Crippen LogP contribution in [0.3, 0.4) is 0 Å². The smallest absolute Gasteiger partial charge is 0.134 e. The fraction of sp³-hybridized carbons (Fsp3) is 0.529. The predicted octanol–water partition coefficient (Wildman–Crippen LogP) is 3.63. The van der Waals surface area contributed by atoms with E-state index in [0.717, 1.165) is 37.5 Å². The third kappa shape index (κ3) is 3.41. The quantitative estimate of drug-likeness (QED) is 0.835. The zero-order valence-electron chi connectivity index (χ0n) is 13.1. The van der Waals surface area contributed by atoms with Crippen LogP contribution in [-0.4, -0.2) is 25.0 Å². The molecule has 2 rings (SSSR count). The van der Waals surface area contributed by atoms with Crippen LogP contribution in [0.4, 0.5) is 0 Å². The topological polar surface area (TPSA) is 28.4 Å². The van der Waals surface area contributed by atoms with Gasteiger partial charge in [-0.2, -0.15) is 0 Å². The van der Waals surface area contributed by atoms with Crippen LogP contribution < -0.4 is 5.32 Å². The third-order valence-corrected chi connectivity index (χ3v) is 3.57. The van der Waals surface area contributed by atoms with Crippen LogP contribution in [-0.2, 0) is 13.1 Å². The zero-order chi connectivity index (χ0) is 14.5. The van der Waals surface area contributed by atoms with Crippen molar-refractivity contribution in [1.82, 2.24) is 10.2 Å². The third-order valence-electron chi connectivity index (χ3n) is 3.57.